The number of ether oxygens (including phenoxy) is 1. The Kier molecular flexibility index (Phi) is 4.07. The standard InChI is InChI=1S/C11H16BN3OS/c1-16-5-3-4-8-7-15-9(12)6-13-10(15)11(14-8)17-2/h6-7H,3-5,12H2,1-2H3. The molecule has 0 aliphatic rings. The van der Waals surface area contributed by atoms with Gasteiger partial charge in [-0.05, 0) is 24.7 Å². The summed E-state index contributed by atoms with van der Waals surface area (Å²) in [5, 5.41) is 0.994. The molecule has 0 spiro atoms. The molecule has 0 N–H and O–H groups in total. The zero-order valence-corrected chi connectivity index (χ0v) is 11.3. The van der Waals surface area contributed by atoms with E-state index in [9.17, 15) is 0 Å². The van der Waals surface area contributed by atoms with Crippen LogP contribution in [0.5, 0.6) is 0 Å². The average Bonchev–Trinajstić information content (AvgIpc) is 2.71. The summed E-state index contributed by atoms with van der Waals surface area (Å²) in [4.78, 5) is 9.01. The number of rotatable bonds is 5. The quantitative estimate of drug-likeness (QED) is 0.434. The van der Waals surface area contributed by atoms with E-state index in [0.29, 0.717) is 0 Å². The second-order valence-electron chi connectivity index (χ2n) is 3.93. The van der Waals surface area contributed by atoms with Crippen LogP contribution in [-0.2, 0) is 11.2 Å². The van der Waals surface area contributed by atoms with Crippen molar-refractivity contribution in [2.24, 2.45) is 0 Å². The topological polar surface area (TPSA) is 39.4 Å². The van der Waals surface area contributed by atoms with Gasteiger partial charge in [-0.15, -0.1) is 11.8 Å². The molecule has 2 heterocycles. The first kappa shape index (κ1) is 12.5. The first-order chi connectivity index (χ1) is 8.26. The van der Waals surface area contributed by atoms with Gasteiger partial charge in [-0.25, -0.2) is 9.97 Å². The summed E-state index contributed by atoms with van der Waals surface area (Å²) in [6.45, 7) is 0.775. The third-order valence-electron chi connectivity index (χ3n) is 2.67. The smallest absolute Gasteiger partial charge is 0.169 e. The highest BCUT2D eigenvalue weighted by Crippen LogP contribution is 2.17. The molecule has 2 rings (SSSR count). The Morgan fingerprint density at radius 1 is 1.53 bits per heavy atom. The van der Waals surface area contributed by atoms with Crippen molar-refractivity contribution >= 4 is 30.8 Å². The van der Waals surface area contributed by atoms with Gasteiger partial charge in [-0.2, -0.15) is 0 Å². The summed E-state index contributed by atoms with van der Waals surface area (Å²) >= 11 is 1.64. The lowest BCUT2D eigenvalue weighted by Crippen LogP contribution is -2.11. The number of hydrogen-bond donors (Lipinski definition) is 0. The van der Waals surface area contributed by atoms with Gasteiger partial charge in [0, 0.05) is 26.1 Å². The lowest BCUT2D eigenvalue weighted by Gasteiger charge is -2.06. The van der Waals surface area contributed by atoms with E-state index in [-0.39, 0.29) is 0 Å². The highest BCUT2D eigenvalue weighted by Gasteiger charge is 2.08. The Balaban J connectivity index is 2.33. The predicted octanol–water partition coefficient (Wildman–Crippen LogP) is 0.289. The van der Waals surface area contributed by atoms with Crippen molar-refractivity contribution in [3.05, 3.63) is 18.1 Å². The van der Waals surface area contributed by atoms with Crippen LogP contribution in [0, 0.1) is 0 Å². The van der Waals surface area contributed by atoms with E-state index < -0.39 is 0 Å². The van der Waals surface area contributed by atoms with Crippen LogP contribution in [0.25, 0.3) is 5.65 Å². The fourth-order valence-corrected chi connectivity index (χ4v) is 2.32. The number of methoxy groups -OCH3 is 1. The lowest BCUT2D eigenvalue weighted by molar-refractivity contribution is 0.195. The van der Waals surface area contributed by atoms with Gasteiger partial charge in [0.1, 0.15) is 5.03 Å². The molecule has 90 valence electrons. The fraction of sp³-hybridized carbons (Fsp3) is 0.455. The Labute approximate surface area is 106 Å². The van der Waals surface area contributed by atoms with Crippen LogP contribution in [0.2, 0.25) is 0 Å². The number of aromatic nitrogens is 3. The van der Waals surface area contributed by atoms with Gasteiger partial charge in [-0.1, -0.05) is 0 Å². The molecular weight excluding hydrogens is 233 g/mol. The molecule has 0 unspecified atom stereocenters. The van der Waals surface area contributed by atoms with Gasteiger partial charge < -0.3 is 9.14 Å². The molecule has 0 atom stereocenters. The zero-order valence-electron chi connectivity index (χ0n) is 10.4. The Hall–Kier alpha value is -1.01. The van der Waals surface area contributed by atoms with E-state index in [4.69, 9.17) is 4.74 Å². The van der Waals surface area contributed by atoms with E-state index in [2.05, 4.69) is 28.4 Å². The maximum atomic E-state index is 5.06. The SMILES string of the molecule is Bc1cnc2c(SC)nc(CCCOC)cn12. The van der Waals surface area contributed by atoms with Crippen LogP contribution >= 0.6 is 11.8 Å². The molecule has 4 nitrogen and oxygen atoms in total. The van der Waals surface area contributed by atoms with Crippen LogP contribution in [0.15, 0.2) is 17.4 Å². The Morgan fingerprint density at radius 2 is 2.35 bits per heavy atom. The summed E-state index contributed by atoms with van der Waals surface area (Å²) in [5.41, 5.74) is 3.19. The highest BCUT2D eigenvalue weighted by atomic mass is 32.2. The van der Waals surface area contributed by atoms with Crippen molar-refractivity contribution in [3.8, 4) is 0 Å². The molecule has 2 aromatic heterocycles. The molecule has 17 heavy (non-hydrogen) atoms. The number of imidazole rings is 1. The molecule has 0 radical (unpaired) electrons. The van der Waals surface area contributed by atoms with Crippen LogP contribution in [0.3, 0.4) is 0 Å². The average molecular weight is 249 g/mol. The maximum Gasteiger partial charge on any atom is 0.169 e. The van der Waals surface area contributed by atoms with E-state index in [1.54, 1.807) is 18.9 Å². The molecule has 2 aromatic rings. The highest BCUT2D eigenvalue weighted by molar-refractivity contribution is 7.98. The molecule has 0 saturated heterocycles. The van der Waals surface area contributed by atoms with Gasteiger partial charge in [-0.3, -0.25) is 0 Å². The van der Waals surface area contributed by atoms with Crippen LogP contribution < -0.4 is 5.59 Å². The van der Waals surface area contributed by atoms with Gasteiger partial charge in [0.15, 0.2) is 13.5 Å². The lowest BCUT2D eigenvalue weighted by atomic mass is 10.1. The third-order valence-corrected chi connectivity index (χ3v) is 3.33. The fourth-order valence-electron chi connectivity index (χ4n) is 1.78. The van der Waals surface area contributed by atoms with Gasteiger partial charge >= 0.3 is 0 Å². The first-order valence-corrected chi connectivity index (χ1v) is 6.85. The minimum atomic E-state index is 0.775. The first-order valence-electron chi connectivity index (χ1n) is 5.62. The van der Waals surface area contributed by atoms with E-state index in [1.165, 1.54) is 0 Å². The minimum Gasteiger partial charge on any atom is -0.385 e. The van der Waals surface area contributed by atoms with Crippen molar-refractivity contribution in [1.29, 1.82) is 0 Å². The van der Waals surface area contributed by atoms with Crippen molar-refractivity contribution < 1.29 is 4.74 Å². The van der Waals surface area contributed by atoms with E-state index in [0.717, 1.165) is 41.4 Å². The van der Waals surface area contributed by atoms with Crippen molar-refractivity contribution in [2.45, 2.75) is 17.9 Å². The molecule has 0 aliphatic heterocycles. The predicted molar refractivity (Wildman–Crippen MR) is 73.1 cm³/mol. The van der Waals surface area contributed by atoms with Crippen molar-refractivity contribution in [2.75, 3.05) is 20.0 Å². The molecule has 0 saturated carbocycles. The molecule has 0 fully saturated rings. The second kappa shape index (κ2) is 5.55. The molecule has 0 aromatic carbocycles. The molecular formula is C11H16BN3OS. The van der Waals surface area contributed by atoms with Gasteiger partial charge in [0.05, 0.1) is 5.69 Å². The summed E-state index contributed by atoms with van der Waals surface area (Å²) in [6, 6.07) is 0. The number of fused-ring (bicyclic) bond motifs is 1. The normalized spacial score (nSPS) is 11.2. The van der Waals surface area contributed by atoms with Gasteiger partial charge in [0.2, 0.25) is 0 Å². The minimum absolute atomic E-state index is 0.775. The largest absolute Gasteiger partial charge is 0.385 e. The van der Waals surface area contributed by atoms with E-state index in [1.807, 2.05) is 12.5 Å². The Bertz CT molecular complexity index is 515. The number of nitrogens with zero attached hydrogens (tertiary/aromatic N) is 3. The second-order valence-corrected chi connectivity index (χ2v) is 4.73. The van der Waals surface area contributed by atoms with Crippen LogP contribution in [-0.4, -0.2) is 42.2 Å². The maximum absolute atomic E-state index is 5.06. The van der Waals surface area contributed by atoms with Crippen LogP contribution in [0.4, 0.5) is 0 Å². The summed E-state index contributed by atoms with van der Waals surface area (Å²) in [6.07, 6.45) is 7.93. The van der Waals surface area contributed by atoms with Crippen molar-refractivity contribution in [3.63, 3.8) is 0 Å². The monoisotopic (exact) mass is 249 g/mol. The summed E-state index contributed by atoms with van der Waals surface area (Å²) in [5.74, 6) is 0. The summed E-state index contributed by atoms with van der Waals surface area (Å²) < 4.78 is 7.18. The Morgan fingerprint density at radius 3 is 3.06 bits per heavy atom. The molecule has 0 aliphatic carbocycles. The third kappa shape index (κ3) is 2.64. The molecule has 0 bridgehead atoms. The summed E-state index contributed by atoms with van der Waals surface area (Å²) in [7, 11) is 3.78. The molecule has 6 heteroatoms. The van der Waals surface area contributed by atoms with Gasteiger partial charge in [0.25, 0.3) is 0 Å². The number of aryl methyl sites for hydroxylation is 1. The van der Waals surface area contributed by atoms with E-state index >= 15 is 0 Å². The van der Waals surface area contributed by atoms with Crippen molar-refractivity contribution in [1.82, 2.24) is 14.4 Å². The molecule has 0 amide bonds. The number of hydrogen-bond acceptors (Lipinski definition) is 4. The number of thioether (sulfide) groups is 1. The van der Waals surface area contributed by atoms with Crippen LogP contribution in [0.1, 0.15) is 12.1 Å². The zero-order chi connectivity index (χ0) is 12.3.